The smallest absolute Gasteiger partial charge is 0.0988 e. The maximum Gasteiger partial charge on any atom is 0.0988 e. The second-order valence-corrected chi connectivity index (χ2v) is 3.79. The fourth-order valence-corrected chi connectivity index (χ4v) is 1.95. The first-order chi connectivity index (χ1) is 6.88. The molecule has 0 saturated carbocycles. The average Bonchev–Trinajstić information content (AvgIpc) is 2.30. The maximum absolute atomic E-state index is 10.1. The number of aromatic nitrogens is 1. The number of hydrogen-bond acceptors (Lipinski definition) is 3. The molecule has 2 N–H and O–H groups in total. The van der Waals surface area contributed by atoms with E-state index in [1.807, 2.05) is 18.2 Å². The fourth-order valence-electron chi connectivity index (χ4n) is 1.95. The van der Waals surface area contributed by atoms with Crippen LogP contribution < -0.4 is 5.32 Å². The SMILES string of the molecule is O[C@@H](c1ccccn1)C1CCNCC1. The van der Waals surface area contributed by atoms with Crippen molar-refractivity contribution in [2.24, 2.45) is 5.92 Å². The van der Waals surface area contributed by atoms with Crippen LogP contribution in [0, 0.1) is 5.92 Å². The normalized spacial score (nSPS) is 20.6. The second-order valence-electron chi connectivity index (χ2n) is 3.79. The number of nitrogens with zero attached hydrogens (tertiary/aromatic N) is 1. The van der Waals surface area contributed by atoms with Gasteiger partial charge in [0, 0.05) is 6.20 Å². The van der Waals surface area contributed by atoms with Crippen LogP contribution in [-0.2, 0) is 0 Å². The molecule has 1 fully saturated rings. The number of hydrogen-bond donors (Lipinski definition) is 2. The monoisotopic (exact) mass is 192 g/mol. The van der Waals surface area contributed by atoms with Gasteiger partial charge in [0.05, 0.1) is 11.8 Å². The topological polar surface area (TPSA) is 45.2 Å². The lowest BCUT2D eigenvalue weighted by atomic mass is 9.90. The molecule has 3 nitrogen and oxygen atoms in total. The molecule has 2 rings (SSSR count). The highest BCUT2D eigenvalue weighted by atomic mass is 16.3. The first-order valence-corrected chi connectivity index (χ1v) is 5.17. The lowest BCUT2D eigenvalue weighted by molar-refractivity contribution is 0.0852. The molecule has 0 aliphatic carbocycles. The van der Waals surface area contributed by atoms with Gasteiger partial charge >= 0.3 is 0 Å². The first kappa shape index (κ1) is 9.62. The molecule has 76 valence electrons. The van der Waals surface area contributed by atoms with Gasteiger partial charge in [-0.05, 0) is 44.0 Å². The predicted molar refractivity (Wildman–Crippen MR) is 54.8 cm³/mol. The van der Waals surface area contributed by atoms with E-state index in [1.165, 1.54) is 0 Å². The fraction of sp³-hybridized carbons (Fsp3) is 0.545. The number of nitrogens with one attached hydrogen (secondary N) is 1. The van der Waals surface area contributed by atoms with E-state index in [4.69, 9.17) is 0 Å². The molecule has 1 aliphatic heterocycles. The third-order valence-electron chi connectivity index (χ3n) is 2.82. The summed E-state index contributed by atoms with van der Waals surface area (Å²) in [6.45, 7) is 2.02. The summed E-state index contributed by atoms with van der Waals surface area (Å²) < 4.78 is 0. The Kier molecular flexibility index (Phi) is 3.11. The molecule has 1 saturated heterocycles. The third-order valence-corrected chi connectivity index (χ3v) is 2.82. The van der Waals surface area contributed by atoms with Crippen molar-refractivity contribution >= 4 is 0 Å². The van der Waals surface area contributed by atoms with Crippen LogP contribution in [0.1, 0.15) is 24.6 Å². The summed E-state index contributed by atoms with van der Waals surface area (Å²) >= 11 is 0. The number of pyridine rings is 1. The lowest BCUT2D eigenvalue weighted by Crippen LogP contribution is -2.31. The van der Waals surface area contributed by atoms with Crippen LogP contribution in [0.2, 0.25) is 0 Å². The lowest BCUT2D eigenvalue weighted by Gasteiger charge is -2.26. The Labute approximate surface area is 84.2 Å². The molecule has 1 aromatic heterocycles. The minimum atomic E-state index is -0.390. The molecule has 0 aromatic carbocycles. The van der Waals surface area contributed by atoms with E-state index in [9.17, 15) is 5.11 Å². The van der Waals surface area contributed by atoms with Gasteiger partial charge in [-0.3, -0.25) is 4.98 Å². The molecule has 0 amide bonds. The molecule has 0 spiro atoms. The molecule has 0 bridgehead atoms. The van der Waals surface area contributed by atoms with Gasteiger partial charge in [0.2, 0.25) is 0 Å². The second kappa shape index (κ2) is 4.53. The zero-order valence-electron chi connectivity index (χ0n) is 8.19. The summed E-state index contributed by atoms with van der Waals surface area (Å²) in [4.78, 5) is 4.18. The van der Waals surface area contributed by atoms with Crippen LogP contribution in [0.5, 0.6) is 0 Å². The first-order valence-electron chi connectivity index (χ1n) is 5.17. The van der Waals surface area contributed by atoms with Crippen molar-refractivity contribution in [2.45, 2.75) is 18.9 Å². The van der Waals surface area contributed by atoms with Gasteiger partial charge in [0.1, 0.15) is 0 Å². The van der Waals surface area contributed by atoms with E-state index < -0.39 is 6.10 Å². The average molecular weight is 192 g/mol. The number of rotatable bonds is 2. The Morgan fingerprint density at radius 2 is 2.14 bits per heavy atom. The highest BCUT2D eigenvalue weighted by Gasteiger charge is 2.23. The molecule has 1 atom stereocenters. The van der Waals surface area contributed by atoms with E-state index in [1.54, 1.807) is 6.20 Å². The van der Waals surface area contributed by atoms with Gasteiger partial charge in [-0.15, -0.1) is 0 Å². The van der Waals surface area contributed by atoms with Crippen LogP contribution in [0.4, 0.5) is 0 Å². The van der Waals surface area contributed by atoms with Crippen LogP contribution in [0.25, 0.3) is 0 Å². The molecule has 1 aliphatic rings. The molecule has 3 heteroatoms. The van der Waals surface area contributed by atoms with E-state index in [2.05, 4.69) is 10.3 Å². The van der Waals surface area contributed by atoms with E-state index in [0.717, 1.165) is 31.6 Å². The van der Waals surface area contributed by atoms with Crippen molar-refractivity contribution in [1.29, 1.82) is 0 Å². The Morgan fingerprint density at radius 3 is 2.79 bits per heavy atom. The van der Waals surface area contributed by atoms with Gasteiger partial charge in [-0.25, -0.2) is 0 Å². The standard InChI is InChI=1S/C11H16N2O/c14-11(9-4-7-12-8-5-9)10-3-1-2-6-13-10/h1-3,6,9,11-12,14H,4-5,7-8H2/t11-/m1/s1. The quantitative estimate of drug-likeness (QED) is 0.738. The third kappa shape index (κ3) is 2.11. The van der Waals surface area contributed by atoms with Gasteiger partial charge in [-0.1, -0.05) is 6.07 Å². The Balaban J connectivity index is 2.03. The van der Waals surface area contributed by atoms with Crippen molar-refractivity contribution in [3.05, 3.63) is 30.1 Å². The zero-order chi connectivity index (χ0) is 9.80. The molecular weight excluding hydrogens is 176 g/mol. The van der Waals surface area contributed by atoms with Crippen LogP contribution in [-0.4, -0.2) is 23.2 Å². The summed E-state index contributed by atoms with van der Waals surface area (Å²) in [5, 5.41) is 13.3. The molecule has 2 heterocycles. The van der Waals surface area contributed by atoms with E-state index in [0.29, 0.717) is 5.92 Å². The van der Waals surface area contributed by atoms with E-state index in [-0.39, 0.29) is 0 Å². The zero-order valence-corrected chi connectivity index (χ0v) is 8.19. The van der Waals surface area contributed by atoms with Gasteiger partial charge < -0.3 is 10.4 Å². The van der Waals surface area contributed by atoms with Gasteiger partial charge in [-0.2, -0.15) is 0 Å². The van der Waals surface area contributed by atoms with Crippen molar-refractivity contribution in [1.82, 2.24) is 10.3 Å². The summed E-state index contributed by atoms with van der Waals surface area (Å²) in [7, 11) is 0. The van der Waals surface area contributed by atoms with Crippen molar-refractivity contribution in [3.63, 3.8) is 0 Å². The number of aliphatic hydroxyl groups excluding tert-OH is 1. The van der Waals surface area contributed by atoms with Crippen LogP contribution >= 0.6 is 0 Å². The van der Waals surface area contributed by atoms with E-state index >= 15 is 0 Å². The van der Waals surface area contributed by atoms with Gasteiger partial charge in [0.15, 0.2) is 0 Å². The summed E-state index contributed by atoms with van der Waals surface area (Å²) in [6.07, 6.45) is 3.42. The minimum absolute atomic E-state index is 0.367. The molecule has 0 unspecified atom stereocenters. The summed E-state index contributed by atoms with van der Waals surface area (Å²) in [6, 6.07) is 5.69. The maximum atomic E-state index is 10.1. The molecule has 14 heavy (non-hydrogen) atoms. The Hall–Kier alpha value is -0.930. The van der Waals surface area contributed by atoms with Gasteiger partial charge in [0.25, 0.3) is 0 Å². The van der Waals surface area contributed by atoms with Crippen LogP contribution in [0.3, 0.4) is 0 Å². The minimum Gasteiger partial charge on any atom is -0.387 e. The van der Waals surface area contributed by atoms with Crippen molar-refractivity contribution in [3.8, 4) is 0 Å². The highest BCUT2D eigenvalue weighted by molar-refractivity contribution is 5.07. The van der Waals surface area contributed by atoms with Crippen LogP contribution in [0.15, 0.2) is 24.4 Å². The predicted octanol–water partition coefficient (Wildman–Crippen LogP) is 1.11. The van der Waals surface area contributed by atoms with Crippen molar-refractivity contribution in [2.75, 3.05) is 13.1 Å². The number of aliphatic hydroxyl groups is 1. The Bertz CT molecular complexity index is 270. The largest absolute Gasteiger partial charge is 0.387 e. The molecular formula is C11H16N2O. The van der Waals surface area contributed by atoms with Crippen molar-refractivity contribution < 1.29 is 5.11 Å². The molecule has 0 radical (unpaired) electrons. The summed E-state index contributed by atoms with van der Waals surface area (Å²) in [5.41, 5.74) is 0.805. The highest BCUT2D eigenvalue weighted by Crippen LogP contribution is 2.26. The summed E-state index contributed by atoms with van der Waals surface area (Å²) in [5.74, 6) is 0.367. The molecule has 1 aromatic rings. The Morgan fingerprint density at radius 1 is 1.36 bits per heavy atom. The number of piperidine rings is 1.